The molecule has 1 aromatic heterocycles. The maximum atomic E-state index is 11.5. The number of hydrogen-bond acceptors (Lipinski definition) is 3. The van der Waals surface area contributed by atoms with Gasteiger partial charge in [-0.05, 0) is 43.4 Å². The lowest BCUT2D eigenvalue weighted by molar-refractivity contribution is 0.0634. The van der Waals surface area contributed by atoms with Gasteiger partial charge in [-0.3, -0.25) is 10.00 Å². The predicted octanol–water partition coefficient (Wildman–Crippen LogP) is 2.37. The van der Waals surface area contributed by atoms with E-state index in [4.69, 9.17) is 4.74 Å². The largest absolute Gasteiger partial charge is 0.444 e. The van der Waals surface area contributed by atoms with Gasteiger partial charge in [0, 0.05) is 7.05 Å². The first-order valence-electron chi connectivity index (χ1n) is 4.47. The molecule has 84 valence electrons. The molecule has 0 unspecified atom stereocenters. The van der Waals surface area contributed by atoms with Gasteiger partial charge >= 0.3 is 6.09 Å². The summed E-state index contributed by atoms with van der Waals surface area (Å²) in [5, 5.41) is 6.65. The molecule has 0 aliphatic carbocycles. The maximum absolute atomic E-state index is 11.5. The van der Waals surface area contributed by atoms with E-state index >= 15 is 0 Å². The Hall–Kier alpha value is -0.790. The summed E-state index contributed by atoms with van der Waals surface area (Å²) in [7, 11) is 1.76. The highest BCUT2D eigenvalue weighted by Gasteiger charge is 2.18. The highest BCUT2D eigenvalue weighted by Crippen LogP contribution is 2.17. The summed E-state index contributed by atoms with van der Waals surface area (Å²) in [5.74, 6) is 0.643. The van der Waals surface area contributed by atoms with E-state index in [1.807, 2.05) is 20.8 Å². The monoisotopic (exact) mass is 323 g/mol. The lowest BCUT2D eigenvalue weighted by Crippen LogP contribution is -2.28. The quantitative estimate of drug-likeness (QED) is 0.807. The number of rotatable bonds is 1. The predicted molar refractivity (Wildman–Crippen MR) is 65.8 cm³/mol. The molecule has 0 bridgehead atoms. The Morgan fingerprint density at radius 2 is 2.20 bits per heavy atom. The highest BCUT2D eigenvalue weighted by molar-refractivity contribution is 14.1. The molecule has 0 aromatic carbocycles. The molecular formula is C9H14IN3O2. The summed E-state index contributed by atoms with van der Waals surface area (Å²) in [6.07, 6.45) is 1.21. The molecule has 1 aromatic rings. The van der Waals surface area contributed by atoms with Crippen molar-refractivity contribution in [2.24, 2.45) is 7.05 Å². The molecule has 0 aliphatic rings. The standard InChI is InChI=1S/C9H14IN3O2/c1-9(2,3)15-8(14)12-7-6(10)5-11-13(7)4/h5H,1-4H3,(H,12,14). The first-order chi connectivity index (χ1) is 6.79. The van der Waals surface area contributed by atoms with Gasteiger partial charge in [0.1, 0.15) is 11.4 Å². The number of anilines is 1. The van der Waals surface area contributed by atoms with Crippen molar-refractivity contribution in [1.82, 2.24) is 9.78 Å². The summed E-state index contributed by atoms with van der Waals surface area (Å²) < 4.78 is 7.59. The summed E-state index contributed by atoms with van der Waals surface area (Å²) in [5.41, 5.74) is -0.492. The van der Waals surface area contributed by atoms with Crippen LogP contribution in [0.4, 0.5) is 10.6 Å². The molecule has 0 saturated heterocycles. The van der Waals surface area contributed by atoms with Crippen LogP contribution in [0.3, 0.4) is 0 Å². The molecule has 0 aliphatic heterocycles. The summed E-state index contributed by atoms with van der Waals surface area (Å²) in [6, 6.07) is 0. The van der Waals surface area contributed by atoms with Crippen molar-refractivity contribution in [3.63, 3.8) is 0 Å². The van der Waals surface area contributed by atoms with E-state index in [-0.39, 0.29) is 0 Å². The topological polar surface area (TPSA) is 56.2 Å². The summed E-state index contributed by atoms with van der Waals surface area (Å²) in [6.45, 7) is 5.46. The molecule has 0 radical (unpaired) electrons. The van der Waals surface area contributed by atoms with Crippen molar-refractivity contribution in [2.45, 2.75) is 26.4 Å². The van der Waals surface area contributed by atoms with Crippen LogP contribution in [0.5, 0.6) is 0 Å². The van der Waals surface area contributed by atoms with Crippen LogP contribution in [-0.4, -0.2) is 21.5 Å². The molecule has 1 rings (SSSR count). The van der Waals surface area contributed by atoms with E-state index in [1.165, 1.54) is 0 Å². The molecule has 0 atom stereocenters. The van der Waals surface area contributed by atoms with Crippen molar-refractivity contribution >= 4 is 34.5 Å². The van der Waals surface area contributed by atoms with Crippen LogP contribution >= 0.6 is 22.6 Å². The number of nitrogens with zero attached hydrogens (tertiary/aromatic N) is 2. The van der Waals surface area contributed by atoms with Crippen LogP contribution in [0.1, 0.15) is 20.8 Å². The van der Waals surface area contributed by atoms with Gasteiger partial charge in [0.25, 0.3) is 0 Å². The Morgan fingerprint density at radius 3 is 2.60 bits per heavy atom. The van der Waals surface area contributed by atoms with E-state index in [2.05, 4.69) is 33.0 Å². The average molecular weight is 323 g/mol. The third-order valence-electron chi connectivity index (χ3n) is 1.51. The maximum Gasteiger partial charge on any atom is 0.413 e. The Labute approximate surface area is 102 Å². The van der Waals surface area contributed by atoms with E-state index in [1.54, 1.807) is 17.9 Å². The number of carbonyl (C=O) groups excluding carboxylic acids is 1. The van der Waals surface area contributed by atoms with Crippen LogP contribution < -0.4 is 5.32 Å². The van der Waals surface area contributed by atoms with Gasteiger partial charge in [0.15, 0.2) is 0 Å². The molecule has 0 saturated carbocycles. The summed E-state index contributed by atoms with van der Waals surface area (Å²) in [4.78, 5) is 11.5. The zero-order valence-corrected chi connectivity index (χ0v) is 11.3. The van der Waals surface area contributed by atoms with Gasteiger partial charge in [-0.25, -0.2) is 4.79 Å². The minimum Gasteiger partial charge on any atom is -0.444 e. The SMILES string of the molecule is Cn1ncc(I)c1NC(=O)OC(C)(C)C. The third kappa shape index (κ3) is 3.69. The lowest BCUT2D eigenvalue weighted by Gasteiger charge is -2.19. The molecule has 1 heterocycles. The molecular weight excluding hydrogens is 309 g/mol. The van der Waals surface area contributed by atoms with Gasteiger partial charge in [-0.1, -0.05) is 0 Å². The fourth-order valence-electron chi connectivity index (χ4n) is 0.952. The smallest absolute Gasteiger partial charge is 0.413 e. The minimum absolute atomic E-state index is 0.469. The molecule has 5 nitrogen and oxygen atoms in total. The van der Waals surface area contributed by atoms with Crippen LogP contribution in [0.25, 0.3) is 0 Å². The fourth-order valence-corrected chi connectivity index (χ4v) is 1.56. The second-order valence-electron chi connectivity index (χ2n) is 4.09. The fraction of sp³-hybridized carbons (Fsp3) is 0.556. The highest BCUT2D eigenvalue weighted by atomic mass is 127. The Bertz CT molecular complexity index is 348. The zero-order valence-electron chi connectivity index (χ0n) is 9.17. The van der Waals surface area contributed by atoms with Crippen LogP contribution in [-0.2, 0) is 11.8 Å². The summed E-state index contributed by atoms with van der Waals surface area (Å²) >= 11 is 2.10. The van der Waals surface area contributed by atoms with Crippen molar-refractivity contribution in [2.75, 3.05) is 5.32 Å². The van der Waals surface area contributed by atoms with E-state index in [0.717, 1.165) is 3.57 Å². The number of carbonyl (C=O) groups is 1. The molecule has 0 fully saturated rings. The van der Waals surface area contributed by atoms with Crippen LogP contribution in [0, 0.1) is 3.57 Å². The van der Waals surface area contributed by atoms with Gasteiger partial charge in [-0.15, -0.1) is 0 Å². The minimum atomic E-state index is -0.492. The number of aryl methyl sites for hydroxylation is 1. The Kier molecular flexibility index (Phi) is 3.58. The number of aromatic nitrogens is 2. The lowest BCUT2D eigenvalue weighted by atomic mass is 10.2. The number of hydrogen-bond donors (Lipinski definition) is 1. The second kappa shape index (κ2) is 4.38. The number of amides is 1. The van der Waals surface area contributed by atoms with Gasteiger partial charge in [0.05, 0.1) is 9.77 Å². The van der Waals surface area contributed by atoms with Gasteiger partial charge in [0.2, 0.25) is 0 Å². The zero-order chi connectivity index (χ0) is 11.6. The number of nitrogens with one attached hydrogen (secondary N) is 1. The normalized spacial score (nSPS) is 11.3. The molecule has 0 spiro atoms. The van der Waals surface area contributed by atoms with Crippen molar-refractivity contribution in [3.05, 3.63) is 9.77 Å². The van der Waals surface area contributed by atoms with Crippen molar-refractivity contribution in [3.8, 4) is 0 Å². The van der Waals surface area contributed by atoms with Crippen LogP contribution in [0.2, 0.25) is 0 Å². The molecule has 1 N–H and O–H groups in total. The number of halogens is 1. The van der Waals surface area contributed by atoms with Crippen molar-refractivity contribution in [1.29, 1.82) is 0 Å². The van der Waals surface area contributed by atoms with Crippen molar-refractivity contribution < 1.29 is 9.53 Å². The molecule has 6 heteroatoms. The first kappa shape index (κ1) is 12.3. The van der Waals surface area contributed by atoms with E-state index in [9.17, 15) is 4.79 Å². The van der Waals surface area contributed by atoms with Crippen LogP contribution in [0.15, 0.2) is 6.20 Å². The van der Waals surface area contributed by atoms with E-state index < -0.39 is 11.7 Å². The van der Waals surface area contributed by atoms with E-state index in [0.29, 0.717) is 5.82 Å². The van der Waals surface area contributed by atoms with Gasteiger partial charge < -0.3 is 4.74 Å². The average Bonchev–Trinajstić information content (AvgIpc) is 2.32. The van der Waals surface area contributed by atoms with Gasteiger partial charge in [-0.2, -0.15) is 5.10 Å². The second-order valence-corrected chi connectivity index (χ2v) is 5.25. The molecule has 15 heavy (non-hydrogen) atoms. The Morgan fingerprint density at radius 1 is 1.60 bits per heavy atom. The Balaban J connectivity index is 2.67. The number of ether oxygens (including phenoxy) is 1. The third-order valence-corrected chi connectivity index (χ3v) is 2.30. The molecule has 1 amide bonds. The first-order valence-corrected chi connectivity index (χ1v) is 5.55.